The SMILES string of the molecule is CC12CN(CCN)CC1C1CCC2C1. The second-order valence-corrected chi connectivity index (χ2v) is 5.91. The molecule has 0 aromatic carbocycles. The van der Waals surface area contributed by atoms with E-state index in [2.05, 4.69) is 11.8 Å². The van der Waals surface area contributed by atoms with E-state index in [0.717, 1.165) is 30.8 Å². The van der Waals surface area contributed by atoms with Crippen molar-refractivity contribution in [3.05, 3.63) is 0 Å². The Labute approximate surface area is 86.8 Å². The summed E-state index contributed by atoms with van der Waals surface area (Å²) in [5.74, 6) is 3.11. The van der Waals surface area contributed by atoms with Gasteiger partial charge < -0.3 is 10.6 Å². The van der Waals surface area contributed by atoms with Gasteiger partial charge in [0.2, 0.25) is 0 Å². The molecule has 1 aliphatic heterocycles. The fraction of sp³-hybridized carbons (Fsp3) is 1.00. The average molecular weight is 194 g/mol. The summed E-state index contributed by atoms with van der Waals surface area (Å²) in [4.78, 5) is 2.61. The maximum atomic E-state index is 5.65. The van der Waals surface area contributed by atoms with Gasteiger partial charge in [-0.3, -0.25) is 0 Å². The Bertz CT molecular complexity index is 240. The van der Waals surface area contributed by atoms with E-state index in [1.165, 1.54) is 32.4 Å². The van der Waals surface area contributed by atoms with E-state index in [-0.39, 0.29) is 0 Å². The van der Waals surface area contributed by atoms with E-state index in [1.807, 2.05) is 0 Å². The molecule has 2 nitrogen and oxygen atoms in total. The first kappa shape index (κ1) is 9.17. The van der Waals surface area contributed by atoms with Gasteiger partial charge in [0.15, 0.2) is 0 Å². The predicted molar refractivity (Wildman–Crippen MR) is 57.9 cm³/mol. The topological polar surface area (TPSA) is 29.3 Å². The molecule has 2 saturated carbocycles. The molecule has 14 heavy (non-hydrogen) atoms. The Morgan fingerprint density at radius 2 is 2.29 bits per heavy atom. The minimum atomic E-state index is 0.665. The molecule has 3 rings (SSSR count). The summed E-state index contributed by atoms with van der Waals surface area (Å²) in [5, 5.41) is 0. The van der Waals surface area contributed by atoms with Crippen molar-refractivity contribution in [3.63, 3.8) is 0 Å². The van der Waals surface area contributed by atoms with Crippen LogP contribution in [-0.2, 0) is 0 Å². The first-order valence-corrected chi connectivity index (χ1v) is 6.16. The van der Waals surface area contributed by atoms with Gasteiger partial charge >= 0.3 is 0 Å². The zero-order chi connectivity index (χ0) is 9.76. The highest BCUT2D eigenvalue weighted by molar-refractivity contribution is 5.09. The van der Waals surface area contributed by atoms with Crippen molar-refractivity contribution in [1.82, 2.24) is 4.90 Å². The molecular weight excluding hydrogens is 172 g/mol. The second kappa shape index (κ2) is 2.96. The van der Waals surface area contributed by atoms with E-state index in [0.29, 0.717) is 5.41 Å². The third kappa shape index (κ3) is 1.04. The number of likely N-dealkylation sites (tertiary alicyclic amines) is 1. The van der Waals surface area contributed by atoms with Crippen molar-refractivity contribution in [2.24, 2.45) is 28.9 Å². The zero-order valence-electron chi connectivity index (χ0n) is 9.21. The van der Waals surface area contributed by atoms with Crippen molar-refractivity contribution >= 4 is 0 Å². The molecule has 3 fully saturated rings. The van der Waals surface area contributed by atoms with Crippen LogP contribution < -0.4 is 5.73 Å². The average Bonchev–Trinajstić information content (AvgIpc) is 2.74. The molecule has 2 aliphatic carbocycles. The molecule has 0 spiro atoms. The Morgan fingerprint density at radius 1 is 1.43 bits per heavy atom. The summed E-state index contributed by atoms with van der Waals surface area (Å²) in [7, 11) is 0. The van der Waals surface area contributed by atoms with Crippen molar-refractivity contribution in [1.29, 1.82) is 0 Å². The van der Waals surface area contributed by atoms with Gasteiger partial charge in [0.1, 0.15) is 0 Å². The van der Waals surface area contributed by atoms with Crippen LogP contribution >= 0.6 is 0 Å². The maximum absolute atomic E-state index is 5.65. The second-order valence-electron chi connectivity index (χ2n) is 5.91. The van der Waals surface area contributed by atoms with Crippen LogP contribution in [-0.4, -0.2) is 31.1 Å². The van der Waals surface area contributed by atoms with Gasteiger partial charge in [0.25, 0.3) is 0 Å². The van der Waals surface area contributed by atoms with Crippen molar-refractivity contribution in [2.45, 2.75) is 26.2 Å². The third-order valence-electron chi connectivity index (χ3n) is 5.29. The van der Waals surface area contributed by atoms with Crippen LogP contribution in [0.15, 0.2) is 0 Å². The number of nitrogens with two attached hydrogens (primary N) is 1. The lowest BCUT2D eigenvalue weighted by atomic mass is 9.70. The van der Waals surface area contributed by atoms with E-state index >= 15 is 0 Å². The molecule has 80 valence electrons. The predicted octanol–water partition coefficient (Wildman–Crippen LogP) is 1.31. The number of rotatable bonds is 2. The number of nitrogens with zero attached hydrogens (tertiary/aromatic N) is 1. The van der Waals surface area contributed by atoms with E-state index in [1.54, 1.807) is 0 Å². The van der Waals surface area contributed by atoms with Gasteiger partial charge in [-0.25, -0.2) is 0 Å². The highest BCUT2D eigenvalue weighted by Crippen LogP contribution is 2.62. The van der Waals surface area contributed by atoms with Gasteiger partial charge in [-0.1, -0.05) is 6.92 Å². The molecule has 2 bridgehead atoms. The molecule has 2 N–H and O–H groups in total. The van der Waals surface area contributed by atoms with Gasteiger partial charge in [-0.2, -0.15) is 0 Å². The molecule has 0 amide bonds. The lowest BCUT2D eigenvalue weighted by Crippen LogP contribution is -2.33. The summed E-state index contributed by atoms with van der Waals surface area (Å²) in [5.41, 5.74) is 6.31. The molecule has 4 atom stereocenters. The number of fused-ring (bicyclic) bond motifs is 5. The third-order valence-corrected chi connectivity index (χ3v) is 5.29. The summed E-state index contributed by atoms with van der Waals surface area (Å²) in [6.45, 7) is 7.16. The molecule has 1 saturated heterocycles. The fourth-order valence-corrected chi connectivity index (χ4v) is 4.60. The Morgan fingerprint density at radius 3 is 3.00 bits per heavy atom. The van der Waals surface area contributed by atoms with Crippen LogP contribution in [0.4, 0.5) is 0 Å². The van der Waals surface area contributed by atoms with E-state index < -0.39 is 0 Å². The number of hydrogen-bond acceptors (Lipinski definition) is 2. The standard InChI is InChI=1S/C12H22N2/c1-12-8-14(5-4-13)7-11(12)9-2-3-10(12)6-9/h9-11H,2-8,13H2,1H3. The summed E-state index contributed by atoms with van der Waals surface area (Å²) >= 11 is 0. The first-order valence-electron chi connectivity index (χ1n) is 6.16. The Hall–Kier alpha value is -0.0800. The highest BCUT2D eigenvalue weighted by Gasteiger charge is 2.58. The fourth-order valence-electron chi connectivity index (χ4n) is 4.60. The van der Waals surface area contributed by atoms with Crippen LogP contribution in [0.3, 0.4) is 0 Å². The molecule has 1 heterocycles. The lowest BCUT2D eigenvalue weighted by molar-refractivity contribution is 0.151. The molecule has 0 aromatic heterocycles. The molecule has 2 heteroatoms. The summed E-state index contributed by atoms with van der Waals surface area (Å²) in [6.07, 6.45) is 4.56. The highest BCUT2D eigenvalue weighted by atomic mass is 15.2. The van der Waals surface area contributed by atoms with Gasteiger partial charge in [0, 0.05) is 26.2 Å². The first-order chi connectivity index (χ1) is 6.74. The molecule has 0 radical (unpaired) electrons. The molecule has 4 unspecified atom stereocenters. The normalized spacial score (nSPS) is 51.4. The lowest BCUT2D eigenvalue weighted by Gasteiger charge is -2.34. The van der Waals surface area contributed by atoms with Crippen LogP contribution in [0.2, 0.25) is 0 Å². The maximum Gasteiger partial charge on any atom is 0.0105 e. The molecular formula is C12H22N2. The van der Waals surface area contributed by atoms with Crippen LogP contribution in [0, 0.1) is 23.2 Å². The van der Waals surface area contributed by atoms with E-state index in [4.69, 9.17) is 5.73 Å². The quantitative estimate of drug-likeness (QED) is 0.718. The smallest absolute Gasteiger partial charge is 0.0105 e. The number of hydrogen-bond donors (Lipinski definition) is 1. The van der Waals surface area contributed by atoms with Crippen LogP contribution in [0.25, 0.3) is 0 Å². The van der Waals surface area contributed by atoms with E-state index in [9.17, 15) is 0 Å². The summed E-state index contributed by atoms with van der Waals surface area (Å²) in [6, 6.07) is 0. The van der Waals surface area contributed by atoms with Gasteiger partial charge in [-0.15, -0.1) is 0 Å². The zero-order valence-corrected chi connectivity index (χ0v) is 9.21. The monoisotopic (exact) mass is 194 g/mol. The molecule has 0 aromatic rings. The van der Waals surface area contributed by atoms with Crippen LogP contribution in [0.5, 0.6) is 0 Å². The minimum absolute atomic E-state index is 0.665. The largest absolute Gasteiger partial charge is 0.329 e. The molecule has 3 aliphatic rings. The van der Waals surface area contributed by atoms with Crippen molar-refractivity contribution in [2.75, 3.05) is 26.2 Å². The van der Waals surface area contributed by atoms with Crippen LogP contribution in [0.1, 0.15) is 26.2 Å². The Kier molecular flexibility index (Phi) is 1.94. The van der Waals surface area contributed by atoms with Gasteiger partial charge in [-0.05, 0) is 42.4 Å². The summed E-state index contributed by atoms with van der Waals surface area (Å²) < 4.78 is 0. The van der Waals surface area contributed by atoms with Crippen molar-refractivity contribution in [3.8, 4) is 0 Å². The minimum Gasteiger partial charge on any atom is -0.329 e. The Balaban J connectivity index is 1.78. The van der Waals surface area contributed by atoms with Crippen molar-refractivity contribution < 1.29 is 0 Å². The van der Waals surface area contributed by atoms with Gasteiger partial charge in [0.05, 0.1) is 0 Å².